The van der Waals surface area contributed by atoms with E-state index in [-0.39, 0.29) is 0 Å². The SMILES string of the molecule is CCNc1ncccc1CN(C)CCCN(C)C. The Bertz CT molecular complexity index is 338. The van der Waals surface area contributed by atoms with Gasteiger partial charge in [0, 0.05) is 24.8 Å². The first kappa shape index (κ1) is 14.9. The van der Waals surface area contributed by atoms with Crippen LogP contribution in [0.5, 0.6) is 0 Å². The fourth-order valence-corrected chi connectivity index (χ4v) is 1.92. The van der Waals surface area contributed by atoms with E-state index in [1.165, 1.54) is 12.0 Å². The third-order valence-corrected chi connectivity index (χ3v) is 2.82. The molecule has 1 rings (SSSR count). The number of nitrogens with one attached hydrogen (secondary N) is 1. The minimum atomic E-state index is 0.911. The summed E-state index contributed by atoms with van der Waals surface area (Å²) in [6.45, 7) is 6.20. The summed E-state index contributed by atoms with van der Waals surface area (Å²) in [5.41, 5.74) is 1.27. The first-order valence-electron chi connectivity index (χ1n) is 6.64. The molecule has 102 valence electrons. The minimum absolute atomic E-state index is 0.911. The van der Waals surface area contributed by atoms with Crippen molar-refractivity contribution >= 4 is 5.82 Å². The highest BCUT2D eigenvalue weighted by Gasteiger charge is 2.05. The van der Waals surface area contributed by atoms with Crippen molar-refractivity contribution in [3.8, 4) is 0 Å². The van der Waals surface area contributed by atoms with Crippen molar-refractivity contribution in [2.75, 3.05) is 46.1 Å². The summed E-state index contributed by atoms with van der Waals surface area (Å²) >= 11 is 0. The molecule has 1 heterocycles. The van der Waals surface area contributed by atoms with Crippen LogP contribution in [0.2, 0.25) is 0 Å². The molecule has 0 radical (unpaired) electrons. The molecule has 0 bridgehead atoms. The minimum Gasteiger partial charge on any atom is -0.370 e. The molecule has 0 aliphatic heterocycles. The summed E-state index contributed by atoms with van der Waals surface area (Å²) in [5.74, 6) is 1.01. The Hall–Kier alpha value is -1.13. The molecule has 0 atom stereocenters. The van der Waals surface area contributed by atoms with Gasteiger partial charge in [0.05, 0.1) is 0 Å². The lowest BCUT2D eigenvalue weighted by Crippen LogP contribution is -2.24. The van der Waals surface area contributed by atoms with E-state index in [0.29, 0.717) is 0 Å². The lowest BCUT2D eigenvalue weighted by Gasteiger charge is -2.19. The van der Waals surface area contributed by atoms with Gasteiger partial charge in [-0.15, -0.1) is 0 Å². The van der Waals surface area contributed by atoms with Gasteiger partial charge >= 0.3 is 0 Å². The smallest absolute Gasteiger partial charge is 0.130 e. The second-order valence-electron chi connectivity index (χ2n) is 4.94. The van der Waals surface area contributed by atoms with Crippen molar-refractivity contribution < 1.29 is 0 Å². The normalized spacial score (nSPS) is 11.2. The fraction of sp³-hybridized carbons (Fsp3) is 0.643. The maximum atomic E-state index is 4.38. The van der Waals surface area contributed by atoms with Gasteiger partial charge < -0.3 is 15.1 Å². The number of rotatable bonds is 8. The highest BCUT2D eigenvalue weighted by atomic mass is 15.1. The van der Waals surface area contributed by atoms with Crippen LogP contribution < -0.4 is 5.32 Å². The average Bonchev–Trinajstić information content (AvgIpc) is 2.31. The fourth-order valence-electron chi connectivity index (χ4n) is 1.92. The van der Waals surface area contributed by atoms with Crippen LogP contribution >= 0.6 is 0 Å². The molecule has 1 aromatic rings. The van der Waals surface area contributed by atoms with Crippen LogP contribution in [0.25, 0.3) is 0 Å². The van der Waals surface area contributed by atoms with Crippen LogP contribution in [0, 0.1) is 0 Å². The van der Waals surface area contributed by atoms with Crippen LogP contribution in [0.3, 0.4) is 0 Å². The quantitative estimate of drug-likeness (QED) is 0.763. The van der Waals surface area contributed by atoms with E-state index in [1.807, 2.05) is 12.3 Å². The first-order chi connectivity index (χ1) is 8.63. The molecule has 4 nitrogen and oxygen atoms in total. The number of hydrogen-bond acceptors (Lipinski definition) is 4. The molecule has 0 amide bonds. The third-order valence-electron chi connectivity index (χ3n) is 2.82. The largest absolute Gasteiger partial charge is 0.370 e. The molecule has 1 aromatic heterocycles. The molecule has 0 unspecified atom stereocenters. The Morgan fingerprint density at radius 1 is 1.22 bits per heavy atom. The zero-order valence-electron chi connectivity index (χ0n) is 12.1. The molecule has 0 fully saturated rings. The standard InChI is InChI=1S/C14H26N4/c1-5-15-14-13(8-6-9-16-14)12-18(4)11-7-10-17(2)3/h6,8-9H,5,7,10-12H2,1-4H3,(H,15,16). The van der Waals surface area contributed by atoms with Crippen LogP contribution in [-0.4, -0.2) is 55.6 Å². The summed E-state index contributed by atoms with van der Waals surface area (Å²) in [6.07, 6.45) is 3.04. The lowest BCUT2D eigenvalue weighted by atomic mass is 10.2. The van der Waals surface area contributed by atoms with Crippen molar-refractivity contribution in [1.29, 1.82) is 0 Å². The van der Waals surface area contributed by atoms with Gasteiger partial charge in [-0.2, -0.15) is 0 Å². The topological polar surface area (TPSA) is 31.4 Å². The van der Waals surface area contributed by atoms with Crippen LogP contribution in [-0.2, 0) is 6.54 Å². The van der Waals surface area contributed by atoms with Gasteiger partial charge in [0.1, 0.15) is 5.82 Å². The number of hydrogen-bond donors (Lipinski definition) is 1. The van der Waals surface area contributed by atoms with Gasteiger partial charge in [-0.25, -0.2) is 4.98 Å². The van der Waals surface area contributed by atoms with Crippen molar-refractivity contribution in [1.82, 2.24) is 14.8 Å². The van der Waals surface area contributed by atoms with E-state index in [0.717, 1.165) is 32.0 Å². The predicted molar refractivity (Wildman–Crippen MR) is 77.9 cm³/mol. The molecule has 0 aliphatic carbocycles. The molecule has 1 N–H and O–H groups in total. The number of anilines is 1. The van der Waals surface area contributed by atoms with Crippen molar-refractivity contribution in [3.05, 3.63) is 23.9 Å². The van der Waals surface area contributed by atoms with Crippen molar-refractivity contribution in [3.63, 3.8) is 0 Å². The highest BCUT2D eigenvalue weighted by Crippen LogP contribution is 2.13. The maximum absolute atomic E-state index is 4.38. The third kappa shape index (κ3) is 5.47. The van der Waals surface area contributed by atoms with E-state index < -0.39 is 0 Å². The average molecular weight is 250 g/mol. The second-order valence-corrected chi connectivity index (χ2v) is 4.94. The number of aromatic nitrogens is 1. The number of pyridine rings is 1. The van der Waals surface area contributed by atoms with Gasteiger partial charge in [-0.1, -0.05) is 6.07 Å². The molecule has 0 spiro atoms. The Kier molecular flexibility index (Phi) is 6.68. The molecule has 4 heteroatoms. The zero-order valence-corrected chi connectivity index (χ0v) is 12.1. The van der Waals surface area contributed by atoms with Crippen molar-refractivity contribution in [2.45, 2.75) is 19.9 Å². The Labute approximate surface area is 111 Å². The lowest BCUT2D eigenvalue weighted by molar-refractivity contribution is 0.294. The van der Waals surface area contributed by atoms with Gasteiger partial charge in [0.2, 0.25) is 0 Å². The zero-order chi connectivity index (χ0) is 13.4. The maximum Gasteiger partial charge on any atom is 0.130 e. The van der Waals surface area contributed by atoms with Gasteiger partial charge in [-0.3, -0.25) is 0 Å². The highest BCUT2D eigenvalue weighted by molar-refractivity contribution is 5.43. The van der Waals surface area contributed by atoms with Crippen molar-refractivity contribution in [2.24, 2.45) is 0 Å². The van der Waals surface area contributed by atoms with E-state index in [9.17, 15) is 0 Å². The Morgan fingerprint density at radius 2 is 2.00 bits per heavy atom. The summed E-state index contributed by atoms with van der Waals surface area (Å²) in [7, 11) is 6.40. The van der Waals surface area contributed by atoms with E-state index in [2.05, 4.69) is 54.2 Å². The molecule has 0 aromatic carbocycles. The van der Waals surface area contributed by atoms with Crippen LogP contribution in [0.15, 0.2) is 18.3 Å². The first-order valence-corrected chi connectivity index (χ1v) is 6.64. The molecule has 0 saturated heterocycles. The van der Waals surface area contributed by atoms with Crippen LogP contribution in [0.4, 0.5) is 5.82 Å². The second kappa shape index (κ2) is 8.06. The van der Waals surface area contributed by atoms with E-state index >= 15 is 0 Å². The van der Waals surface area contributed by atoms with E-state index in [4.69, 9.17) is 0 Å². The Morgan fingerprint density at radius 3 is 2.67 bits per heavy atom. The van der Waals surface area contributed by atoms with Gasteiger partial charge in [-0.05, 0) is 53.6 Å². The summed E-state index contributed by atoms with van der Waals surface area (Å²) in [4.78, 5) is 8.96. The molecule has 18 heavy (non-hydrogen) atoms. The Balaban J connectivity index is 2.45. The number of nitrogens with zero attached hydrogens (tertiary/aromatic N) is 3. The van der Waals surface area contributed by atoms with Gasteiger partial charge in [0.15, 0.2) is 0 Å². The predicted octanol–water partition coefficient (Wildman–Crippen LogP) is 1.90. The summed E-state index contributed by atoms with van der Waals surface area (Å²) in [6, 6.07) is 4.15. The monoisotopic (exact) mass is 250 g/mol. The molecule has 0 aliphatic rings. The summed E-state index contributed by atoms with van der Waals surface area (Å²) < 4.78 is 0. The molecular formula is C14H26N4. The van der Waals surface area contributed by atoms with Gasteiger partial charge in [0.25, 0.3) is 0 Å². The molecule has 0 saturated carbocycles. The summed E-state index contributed by atoms with van der Waals surface area (Å²) in [5, 5.41) is 3.31. The molecular weight excluding hydrogens is 224 g/mol. The van der Waals surface area contributed by atoms with Crippen LogP contribution in [0.1, 0.15) is 18.9 Å². The van der Waals surface area contributed by atoms with E-state index in [1.54, 1.807) is 0 Å².